The molecule has 0 spiro atoms. The highest BCUT2D eigenvalue weighted by Gasteiger charge is 2.26. The lowest BCUT2D eigenvalue weighted by molar-refractivity contribution is 0.165. The summed E-state index contributed by atoms with van der Waals surface area (Å²) in [7, 11) is -3.80. The first-order chi connectivity index (χ1) is 12.7. The maximum Gasteiger partial charge on any atom is 0.244 e. The standard InChI is InChI=1S/C18H25N3O5S/c1-11(2)21-13(4)18(12(3)20-21)27(23,24)19-10-15(22)14-5-6-16-17(9-14)26-8-7-25-16/h5-6,9,11,15,19,22H,7-8,10H2,1-4H3. The van der Waals surface area contributed by atoms with Crippen LogP contribution in [-0.2, 0) is 10.0 Å². The molecule has 1 aromatic heterocycles. The molecule has 1 unspecified atom stereocenters. The van der Waals surface area contributed by atoms with Crippen LogP contribution in [0, 0.1) is 13.8 Å². The van der Waals surface area contributed by atoms with Crippen molar-refractivity contribution in [2.24, 2.45) is 0 Å². The van der Waals surface area contributed by atoms with Crippen molar-refractivity contribution in [3.63, 3.8) is 0 Å². The number of hydrogen-bond acceptors (Lipinski definition) is 6. The predicted molar refractivity (Wildman–Crippen MR) is 99.7 cm³/mol. The highest BCUT2D eigenvalue weighted by atomic mass is 32.2. The van der Waals surface area contributed by atoms with E-state index in [1.807, 2.05) is 13.8 Å². The number of fused-ring (bicyclic) bond motifs is 1. The number of aromatic nitrogens is 2. The lowest BCUT2D eigenvalue weighted by Gasteiger charge is -2.20. The first kappa shape index (κ1) is 19.7. The fraction of sp³-hybridized carbons (Fsp3) is 0.500. The van der Waals surface area contributed by atoms with Gasteiger partial charge in [0.1, 0.15) is 18.1 Å². The quantitative estimate of drug-likeness (QED) is 0.774. The van der Waals surface area contributed by atoms with Crippen LogP contribution in [-0.4, -0.2) is 43.1 Å². The van der Waals surface area contributed by atoms with Crippen LogP contribution in [0.5, 0.6) is 11.5 Å². The van der Waals surface area contributed by atoms with E-state index in [4.69, 9.17) is 9.47 Å². The smallest absolute Gasteiger partial charge is 0.244 e. The van der Waals surface area contributed by atoms with Crippen LogP contribution in [0.4, 0.5) is 0 Å². The van der Waals surface area contributed by atoms with E-state index in [1.165, 1.54) is 0 Å². The third-order valence-electron chi connectivity index (χ3n) is 4.43. The number of aryl methyl sites for hydroxylation is 1. The summed E-state index contributed by atoms with van der Waals surface area (Å²) in [5.74, 6) is 1.16. The summed E-state index contributed by atoms with van der Waals surface area (Å²) in [5.41, 5.74) is 1.56. The molecule has 2 heterocycles. The number of aliphatic hydroxyl groups excluding tert-OH is 1. The molecule has 9 heteroatoms. The number of ether oxygens (including phenoxy) is 2. The van der Waals surface area contributed by atoms with E-state index in [0.29, 0.717) is 41.7 Å². The lowest BCUT2D eigenvalue weighted by Crippen LogP contribution is -2.29. The van der Waals surface area contributed by atoms with Gasteiger partial charge in [-0.2, -0.15) is 5.10 Å². The number of hydrogen-bond donors (Lipinski definition) is 2. The van der Waals surface area contributed by atoms with Gasteiger partial charge >= 0.3 is 0 Å². The Morgan fingerprint density at radius 2 is 1.89 bits per heavy atom. The van der Waals surface area contributed by atoms with Crippen molar-refractivity contribution >= 4 is 10.0 Å². The number of nitrogens with zero attached hydrogens (tertiary/aromatic N) is 2. The molecule has 8 nitrogen and oxygen atoms in total. The minimum atomic E-state index is -3.80. The van der Waals surface area contributed by atoms with Crippen molar-refractivity contribution in [1.29, 1.82) is 0 Å². The molecule has 3 rings (SSSR count). The van der Waals surface area contributed by atoms with E-state index in [9.17, 15) is 13.5 Å². The molecule has 148 valence electrons. The Kier molecular flexibility index (Phi) is 5.45. The third kappa shape index (κ3) is 3.95. The van der Waals surface area contributed by atoms with Gasteiger partial charge in [0.2, 0.25) is 10.0 Å². The molecule has 27 heavy (non-hydrogen) atoms. The first-order valence-corrected chi connectivity index (χ1v) is 10.3. The molecule has 1 aromatic carbocycles. The zero-order valence-electron chi connectivity index (χ0n) is 15.9. The van der Waals surface area contributed by atoms with Gasteiger partial charge in [0.05, 0.1) is 17.5 Å². The van der Waals surface area contributed by atoms with Crippen LogP contribution in [0.1, 0.15) is 42.9 Å². The molecule has 0 saturated carbocycles. The van der Waals surface area contributed by atoms with E-state index < -0.39 is 16.1 Å². The Hall–Kier alpha value is -2.10. The monoisotopic (exact) mass is 395 g/mol. The second kappa shape index (κ2) is 7.49. The molecule has 0 amide bonds. The van der Waals surface area contributed by atoms with E-state index in [-0.39, 0.29) is 17.5 Å². The van der Waals surface area contributed by atoms with E-state index in [0.717, 1.165) is 0 Å². The van der Waals surface area contributed by atoms with Gasteiger partial charge < -0.3 is 14.6 Å². The first-order valence-electron chi connectivity index (χ1n) is 8.83. The summed E-state index contributed by atoms with van der Waals surface area (Å²) >= 11 is 0. The van der Waals surface area contributed by atoms with E-state index in [1.54, 1.807) is 36.7 Å². The zero-order chi connectivity index (χ0) is 19.8. The van der Waals surface area contributed by atoms with Gasteiger partial charge in [0.25, 0.3) is 0 Å². The van der Waals surface area contributed by atoms with Crippen LogP contribution in [0.3, 0.4) is 0 Å². The van der Waals surface area contributed by atoms with Crippen LogP contribution in [0.15, 0.2) is 23.1 Å². The molecule has 0 saturated heterocycles. The summed E-state index contributed by atoms with van der Waals surface area (Å²) in [4.78, 5) is 0.158. The maximum atomic E-state index is 12.8. The second-order valence-electron chi connectivity index (χ2n) is 6.81. The van der Waals surface area contributed by atoms with Crippen LogP contribution in [0.2, 0.25) is 0 Å². The van der Waals surface area contributed by atoms with Crippen LogP contribution >= 0.6 is 0 Å². The summed E-state index contributed by atoms with van der Waals surface area (Å²) in [6.07, 6.45) is -1.02. The van der Waals surface area contributed by atoms with Gasteiger partial charge in [-0.1, -0.05) is 6.07 Å². The van der Waals surface area contributed by atoms with Gasteiger partial charge in [0, 0.05) is 12.6 Å². The molecule has 1 atom stereocenters. The number of benzene rings is 1. The molecule has 0 fully saturated rings. The number of rotatable bonds is 6. The van der Waals surface area contributed by atoms with Gasteiger partial charge in [-0.15, -0.1) is 0 Å². The van der Waals surface area contributed by atoms with E-state index >= 15 is 0 Å². The number of nitrogens with one attached hydrogen (secondary N) is 1. The SMILES string of the molecule is Cc1nn(C(C)C)c(C)c1S(=O)(=O)NCC(O)c1ccc2c(c1)OCCO2. The average Bonchev–Trinajstić information content (AvgIpc) is 2.94. The van der Waals surface area contributed by atoms with Gasteiger partial charge in [-0.3, -0.25) is 4.68 Å². The Balaban J connectivity index is 1.76. The minimum absolute atomic E-state index is 0.0518. The molecular weight excluding hydrogens is 370 g/mol. The van der Waals surface area contributed by atoms with Crippen molar-refractivity contribution in [3.05, 3.63) is 35.2 Å². The summed E-state index contributed by atoms with van der Waals surface area (Å²) in [6, 6.07) is 5.12. The Morgan fingerprint density at radius 3 is 2.52 bits per heavy atom. The number of sulfonamides is 1. The van der Waals surface area contributed by atoms with Gasteiger partial charge in [-0.25, -0.2) is 13.1 Å². The van der Waals surface area contributed by atoms with E-state index in [2.05, 4.69) is 9.82 Å². The van der Waals surface area contributed by atoms with Crippen molar-refractivity contribution in [2.75, 3.05) is 19.8 Å². The van der Waals surface area contributed by atoms with Crippen molar-refractivity contribution in [1.82, 2.24) is 14.5 Å². The molecule has 2 aromatic rings. The third-order valence-corrected chi connectivity index (χ3v) is 6.11. The van der Waals surface area contributed by atoms with Crippen LogP contribution in [0.25, 0.3) is 0 Å². The summed E-state index contributed by atoms with van der Waals surface area (Å²) in [6.45, 7) is 8.04. The van der Waals surface area contributed by atoms with Gasteiger partial charge in [0.15, 0.2) is 11.5 Å². The molecular formula is C18H25N3O5S. The van der Waals surface area contributed by atoms with Crippen LogP contribution < -0.4 is 14.2 Å². The van der Waals surface area contributed by atoms with Gasteiger partial charge in [-0.05, 0) is 45.4 Å². The predicted octanol–water partition coefficient (Wildman–Crippen LogP) is 1.86. The van der Waals surface area contributed by atoms with Crippen molar-refractivity contribution in [2.45, 2.75) is 44.7 Å². The summed E-state index contributed by atoms with van der Waals surface area (Å²) in [5, 5.41) is 14.7. The molecule has 1 aliphatic heterocycles. The van der Waals surface area contributed by atoms with Crippen molar-refractivity contribution in [3.8, 4) is 11.5 Å². The molecule has 1 aliphatic rings. The lowest BCUT2D eigenvalue weighted by atomic mass is 10.1. The molecule has 2 N–H and O–H groups in total. The summed E-state index contributed by atoms with van der Waals surface area (Å²) < 4.78 is 40.6. The fourth-order valence-electron chi connectivity index (χ4n) is 3.19. The second-order valence-corrected chi connectivity index (χ2v) is 8.51. The maximum absolute atomic E-state index is 12.8. The number of aliphatic hydroxyl groups is 1. The normalized spacial score (nSPS) is 15.2. The zero-order valence-corrected chi connectivity index (χ0v) is 16.7. The Bertz CT molecular complexity index is 937. The fourth-order valence-corrected chi connectivity index (χ4v) is 4.62. The largest absolute Gasteiger partial charge is 0.486 e. The minimum Gasteiger partial charge on any atom is -0.486 e. The molecule has 0 bridgehead atoms. The molecule has 0 radical (unpaired) electrons. The Labute approximate surface area is 159 Å². The Morgan fingerprint density at radius 1 is 1.22 bits per heavy atom. The highest BCUT2D eigenvalue weighted by molar-refractivity contribution is 7.89. The average molecular weight is 395 g/mol. The highest BCUT2D eigenvalue weighted by Crippen LogP contribution is 2.32. The topological polar surface area (TPSA) is 103 Å². The molecule has 0 aliphatic carbocycles. The van der Waals surface area contributed by atoms with Crippen molar-refractivity contribution < 1.29 is 23.0 Å².